The van der Waals surface area contributed by atoms with Crippen LogP contribution in [0.2, 0.25) is 0 Å². The summed E-state index contributed by atoms with van der Waals surface area (Å²) in [7, 11) is -3.73. The van der Waals surface area contributed by atoms with Crippen LogP contribution < -0.4 is 10.0 Å². The van der Waals surface area contributed by atoms with Gasteiger partial charge < -0.3 is 5.32 Å². The van der Waals surface area contributed by atoms with Crippen molar-refractivity contribution in [2.75, 3.05) is 11.9 Å². The summed E-state index contributed by atoms with van der Waals surface area (Å²) in [5.74, 6) is 0. The number of aromatic nitrogens is 2. The Kier molecular flexibility index (Phi) is 6.85. The number of hydrogen-bond donors (Lipinski definition) is 2. The minimum absolute atomic E-state index is 0.282. The van der Waals surface area contributed by atoms with Crippen LogP contribution >= 0.6 is 0 Å². The van der Waals surface area contributed by atoms with Crippen molar-refractivity contribution in [3.8, 4) is 5.69 Å². The van der Waals surface area contributed by atoms with Crippen LogP contribution in [-0.2, 0) is 16.2 Å². The SMILES string of the molecule is Cc1cc(C)c(S(=O)(=O)NC(C)CNc2cccc3c2cnn3-c2cccc(C(F)(F)F)c2)c(C)c1. The molecule has 0 aliphatic rings. The van der Waals surface area contributed by atoms with Gasteiger partial charge in [-0.15, -0.1) is 0 Å². The highest BCUT2D eigenvalue weighted by molar-refractivity contribution is 7.89. The van der Waals surface area contributed by atoms with Gasteiger partial charge in [0.25, 0.3) is 0 Å². The van der Waals surface area contributed by atoms with Gasteiger partial charge in [0, 0.05) is 23.7 Å². The van der Waals surface area contributed by atoms with Crippen LogP contribution in [0.3, 0.4) is 0 Å². The van der Waals surface area contributed by atoms with E-state index >= 15 is 0 Å². The number of aryl methyl sites for hydroxylation is 3. The van der Waals surface area contributed by atoms with E-state index in [1.807, 2.05) is 25.1 Å². The highest BCUT2D eigenvalue weighted by Crippen LogP contribution is 2.32. The van der Waals surface area contributed by atoms with Crippen molar-refractivity contribution in [1.29, 1.82) is 0 Å². The Morgan fingerprint density at radius 1 is 1.00 bits per heavy atom. The summed E-state index contributed by atoms with van der Waals surface area (Å²) in [6, 6.07) is 13.6. The van der Waals surface area contributed by atoms with Gasteiger partial charge in [0.2, 0.25) is 10.0 Å². The van der Waals surface area contributed by atoms with E-state index < -0.39 is 27.8 Å². The van der Waals surface area contributed by atoms with Crippen LogP contribution in [0.4, 0.5) is 18.9 Å². The molecule has 3 aromatic carbocycles. The number of fused-ring (bicyclic) bond motifs is 1. The first-order chi connectivity index (χ1) is 16.9. The van der Waals surface area contributed by atoms with E-state index in [9.17, 15) is 21.6 Å². The van der Waals surface area contributed by atoms with Gasteiger partial charge in [-0.3, -0.25) is 0 Å². The Bertz CT molecular complexity index is 1500. The molecular weight excluding hydrogens is 489 g/mol. The second kappa shape index (κ2) is 9.59. The predicted molar refractivity (Wildman–Crippen MR) is 135 cm³/mol. The molecule has 10 heteroatoms. The zero-order chi connectivity index (χ0) is 26.3. The Labute approximate surface area is 208 Å². The maximum absolute atomic E-state index is 13.2. The third kappa shape index (κ3) is 5.24. The lowest BCUT2D eigenvalue weighted by Crippen LogP contribution is -2.38. The van der Waals surface area contributed by atoms with Crippen LogP contribution in [0.1, 0.15) is 29.2 Å². The monoisotopic (exact) mass is 516 g/mol. The molecule has 2 N–H and O–H groups in total. The molecule has 0 spiro atoms. The fourth-order valence-electron chi connectivity index (χ4n) is 4.44. The molecule has 0 radical (unpaired) electrons. The molecule has 0 fully saturated rings. The van der Waals surface area contributed by atoms with Gasteiger partial charge in [-0.1, -0.05) is 29.8 Å². The molecule has 1 atom stereocenters. The smallest absolute Gasteiger partial charge is 0.383 e. The maximum Gasteiger partial charge on any atom is 0.416 e. The van der Waals surface area contributed by atoms with Crippen molar-refractivity contribution in [2.24, 2.45) is 0 Å². The molecule has 36 heavy (non-hydrogen) atoms. The van der Waals surface area contributed by atoms with Crippen molar-refractivity contribution in [3.05, 3.63) is 83.0 Å². The van der Waals surface area contributed by atoms with Gasteiger partial charge in [-0.25, -0.2) is 17.8 Å². The molecule has 1 unspecified atom stereocenters. The third-order valence-electron chi connectivity index (χ3n) is 5.86. The molecular formula is C26H27F3N4O2S. The van der Waals surface area contributed by atoms with Gasteiger partial charge in [0.15, 0.2) is 0 Å². The Morgan fingerprint density at radius 3 is 2.33 bits per heavy atom. The van der Waals surface area contributed by atoms with E-state index in [4.69, 9.17) is 0 Å². The summed E-state index contributed by atoms with van der Waals surface area (Å²) in [6.07, 6.45) is -2.88. The fraction of sp³-hybridized carbons (Fsp3) is 0.269. The number of anilines is 1. The molecule has 0 saturated heterocycles. The second-order valence-electron chi connectivity index (χ2n) is 8.97. The summed E-state index contributed by atoms with van der Waals surface area (Å²) in [5.41, 5.74) is 3.23. The van der Waals surface area contributed by atoms with E-state index in [-0.39, 0.29) is 11.4 Å². The molecule has 0 aliphatic carbocycles. The second-order valence-corrected chi connectivity index (χ2v) is 10.6. The number of nitrogens with one attached hydrogen (secondary N) is 2. The van der Waals surface area contributed by atoms with Crippen LogP contribution in [0.5, 0.6) is 0 Å². The van der Waals surface area contributed by atoms with Crippen LogP contribution in [-0.4, -0.2) is 30.8 Å². The van der Waals surface area contributed by atoms with E-state index in [1.54, 1.807) is 45.2 Å². The van der Waals surface area contributed by atoms with E-state index in [0.717, 1.165) is 17.7 Å². The summed E-state index contributed by atoms with van der Waals surface area (Å²) in [4.78, 5) is 0.282. The third-order valence-corrected chi connectivity index (χ3v) is 7.75. The normalized spacial score (nSPS) is 13.2. The first-order valence-corrected chi connectivity index (χ1v) is 12.8. The topological polar surface area (TPSA) is 76.0 Å². The summed E-state index contributed by atoms with van der Waals surface area (Å²) < 4.78 is 69.8. The van der Waals surface area contributed by atoms with Crippen LogP contribution in [0.15, 0.2) is 65.7 Å². The predicted octanol–water partition coefficient (Wildman–Crippen LogP) is 5.75. The lowest BCUT2D eigenvalue weighted by atomic mass is 10.1. The number of hydrogen-bond acceptors (Lipinski definition) is 4. The number of rotatable bonds is 7. The van der Waals surface area contributed by atoms with Gasteiger partial charge in [-0.2, -0.15) is 18.3 Å². The quantitative estimate of drug-likeness (QED) is 0.328. The maximum atomic E-state index is 13.2. The van der Waals surface area contributed by atoms with Crippen molar-refractivity contribution in [3.63, 3.8) is 0 Å². The van der Waals surface area contributed by atoms with E-state index in [0.29, 0.717) is 33.4 Å². The minimum Gasteiger partial charge on any atom is -0.383 e. The number of benzene rings is 3. The Morgan fingerprint density at radius 2 is 1.67 bits per heavy atom. The van der Waals surface area contributed by atoms with E-state index in [1.165, 1.54) is 10.7 Å². The Balaban J connectivity index is 1.54. The standard InChI is InChI=1S/C26H27F3N4O2S/c1-16-11-17(2)25(18(3)12-16)36(34,35)32-19(4)14-30-23-9-6-10-24-22(23)15-31-33(24)21-8-5-7-20(13-21)26(27,28)29/h5-13,15,19,30,32H,14H2,1-4H3. The highest BCUT2D eigenvalue weighted by atomic mass is 32.2. The number of alkyl halides is 3. The molecule has 1 heterocycles. The summed E-state index contributed by atoms with van der Waals surface area (Å²) in [5, 5.41) is 8.24. The molecule has 190 valence electrons. The van der Waals surface area contributed by atoms with Gasteiger partial charge >= 0.3 is 6.18 Å². The van der Waals surface area contributed by atoms with Crippen LogP contribution in [0, 0.1) is 20.8 Å². The van der Waals surface area contributed by atoms with Gasteiger partial charge in [0.1, 0.15) is 0 Å². The molecule has 0 amide bonds. The number of sulfonamides is 1. The van der Waals surface area contributed by atoms with Crippen molar-refractivity contribution >= 4 is 26.6 Å². The number of halogens is 3. The first kappa shape index (κ1) is 25.7. The lowest BCUT2D eigenvalue weighted by molar-refractivity contribution is -0.137. The molecule has 4 aromatic rings. The van der Waals surface area contributed by atoms with E-state index in [2.05, 4.69) is 15.1 Å². The molecule has 4 rings (SSSR count). The lowest BCUT2D eigenvalue weighted by Gasteiger charge is -2.18. The van der Waals surface area contributed by atoms with Gasteiger partial charge in [-0.05, 0) is 69.2 Å². The van der Waals surface area contributed by atoms with Crippen molar-refractivity contribution in [1.82, 2.24) is 14.5 Å². The van der Waals surface area contributed by atoms with Crippen molar-refractivity contribution < 1.29 is 21.6 Å². The largest absolute Gasteiger partial charge is 0.416 e. The molecule has 0 aliphatic heterocycles. The first-order valence-electron chi connectivity index (χ1n) is 11.4. The zero-order valence-corrected chi connectivity index (χ0v) is 21.1. The summed E-state index contributed by atoms with van der Waals surface area (Å²) >= 11 is 0. The molecule has 0 bridgehead atoms. The highest BCUT2D eigenvalue weighted by Gasteiger charge is 2.30. The minimum atomic E-state index is -4.45. The zero-order valence-electron chi connectivity index (χ0n) is 20.3. The molecule has 1 aromatic heterocycles. The van der Waals surface area contributed by atoms with Crippen molar-refractivity contribution in [2.45, 2.75) is 44.8 Å². The average molecular weight is 517 g/mol. The fourth-order valence-corrected chi connectivity index (χ4v) is 6.14. The average Bonchev–Trinajstić information content (AvgIpc) is 3.20. The summed E-state index contributed by atoms with van der Waals surface area (Å²) in [6.45, 7) is 7.53. The number of nitrogens with zero attached hydrogens (tertiary/aromatic N) is 2. The molecule has 6 nitrogen and oxygen atoms in total. The van der Waals surface area contributed by atoms with Crippen LogP contribution in [0.25, 0.3) is 16.6 Å². The van der Waals surface area contributed by atoms with Gasteiger partial charge in [0.05, 0.1) is 27.9 Å². The molecule has 0 saturated carbocycles. The Hall–Kier alpha value is -3.37.